The van der Waals surface area contributed by atoms with Gasteiger partial charge in [0.25, 0.3) is 5.91 Å². The van der Waals surface area contributed by atoms with E-state index in [1.807, 2.05) is 0 Å². The van der Waals surface area contributed by atoms with Crippen LogP contribution in [0, 0.1) is 0 Å². The van der Waals surface area contributed by atoms with Crippen molar-refractivity contribution in [2.75, 3.05) is 6.54 Å². The van der Waals surface area contributed by atoms with E-state index in [0.717, 1.165) is 0 Å². The average Bonchev–Trinajstić information content (AvgIpc) is 2.60. The number of hydrogen-bond acceptors (Lipinski definition) is 9. The maximum atomic E-state index is 12.1. The van der Waals surface area contributed by atoms with Crippen LogP contribution < -0.4 is 10.6 Å². The first-order chi connectivity index (χ1) is 12.6. The van der Waals surface area contributed by atoms with E-state index in [0.29, 0.717) is 19.4 Å². The Morgan fingerprint density at radius 1 is 0.963 bits per heavy atom. The zero-order valence-electron chi connectivity index (χ0n) is 14.7. The average molecular weight is 394 g/mol. The largest absolute Gasteiger partial charge is 0.480 e. The zero-order valence-corrected chi connectivity index (χ0v) is 14.7. The first-order valence-corrected chi connectivity index (χ1v) is 8.43. The summed E-state index contributed by atoms with van der Waals surface area (Å²) in [5.74, 6) is -3.40. The number of aliphatic carboxylic acids is 2. The maximum absolute atomic E-state index is 12.1. The summed E-state index contributed by atoms with van der Waals surface area (Å²) in [5, 5.41) is 61.0. The molecule has 1 aliphatic rings. The van der Waals surface area contributed by atoms with Crippen molar-refractivity contribution in [1.82, 2.24) is 10.6 Å². The minimum Gasteiger partial charge on any atom is -0.480 e. The van der Waals surface area contributed by atoms with E-state index >= 15 is 0 Å². The van der Waals surface area contributed by atoms with E-state index in [2.05, 4.69) is 10.6 Å². The van der Waals surface area contributed by atoms with Gasteiger partial charge in [0, 0.05) is 0 Å². The molecule has 1 fully saturated rings. The summed E-state index contributed by atoms with van der Waals surface area (Å²) in [4.78, 5) is 34.1. The lowest BCUT2D eigenvalue weighted by molar-refractivity contribution is -0.275. The molecule has 0 radical (unpaired) electrons. The van der Waals surface area contributed by atoms with Crippen molar-refractivity contribution >= 4 is 17.8 Å². The number of ether oxygens (including phenoxy) is 1. The molecule has 1 heterocycles. The Kier molecular flexibility index (Phi) is 9.02. The third-order valence-corrected chi connectivity index (χ3v) is 4.20. The standard InChI is InChI=1S/C15H26N2O10/c1-6(13(22)23)16-5-3-2-4-7(14(24)25)17-12(21)11-9(19)8(18)10(20)15(26)27-11/h6-11,15-16,18-20,26H,2-5H2,1H3,(H,17,21)(H,22,23)(H,24,25)/t6-,7+,8+,9-,10-,11+,15?/m1/s1. The van der Waals surface area contributed by atoms with Crippen molar-refractivity contribution in [2.24, 2.45) is 0 Å². The van der Waals surface area contributed by atoms with E-state index in [1.54, 1.807) is 0 Å². The minimum atomic E-state index is -1.91. The van der Waals surface area contributed by atoms with E-state index in [1.165, 1.54) is 6.92 Å². The molecule has 12 heteroatoms. The molecule has 0 saturated carbocycles. The van der Waals surface area contributed by atoms with Gasteiger partial charge in [0.1, 0.15) is 30.4 Å². The van der Waals surface area contributed by atoms with Gasteiger partial charge in [0.2, 0.25) is 0 Å². The lowest BCUT2D eigenvalue weighted by Gasteiger charge is -2.37. The number of rotatable bonds is 10. The van der Waals surface area contributed by atoms with E-state index in [4.69, 9.17) is 9.84 Å². The molecular weight excluding hydrogens is 368 g/mol. The summed E-state index contributed by atoms with van der Waals surface area (Å²) in [7, 11) is 0. The summed E-state index contributed by atoms with van der Waals surface area (Å²) in [6.07, 6.45) is -8.31. The Bertz CT molecular complexity index is 531. The van der Waals surface area contributed by atoms with Gasteiger partial charge in [0.05, 0.1) is 0 Å². The second kappa shape index (κ2) is 10.5. The van der Waals surface area contributed by atoms with E-state index in [9.17, 15) is 39.9 Å². The third-order valence-electron chi connectivity index (χ3n) is 4.20. The first kappa shape index (κ1) is 23.2. The van der Waals surface area contributed by atoms with Crippen LogP contribution in [0.1, 0.15) is 26.2 Å². The molecule has 0 spiro atoms. The fourth-order valence-corrected chi connectivity index (χ4v) is 2.47. The molecule has 0 aliphatic carbocycles. The summed E-state index contributed by atoms with van der Waals surface area (Å²) >= 11 is 0. The monoisotopic (exact) mass is 394 g/mol. The molecule has 1 unspecified atom stereocenters. The van der Waals surface area contributed by atoms with Gasteiger partial charge in [-0.3, -0.25) is 9.59 Å². The Hall–Kier alpha value is -1.83. The Morgan fingerprint density at radius 2 is 1.59 bits per heavy atom. The highest BCUT2D eigenvalue weighted by Crippen LogP contribution is 2.20. The van der Waals surface area contributed by atoms with Crippen molar-refractivity contribution in [1.29, 1.82) is 0 Å². The van der Waals surface area contributed by atoms with Gasteiger partial charge in [-0.25, -0.2) is 4.79 Å². The maximum Gasteiger partial charge on any atom is 0.326 e. The highest BCUT2D eigenvalue weighted by atomic mass is 16.6. The van der Waals surface area contributed by atoms with E-state index < -0.39 is 60.6 Å². The number of carboxylic acids is 2. The van der Waals surface area contributed by atoms with Crippen LogP contribution >= 0.6 is 0 Å². The molecule has 0 aromatic heterocycles. The predicted molar refractivity (Wildman–Crippen MR) is 87.4 cm³/mol. The van der Waals surface area contributed by atoms with Gasteiger partial charge >= 0.3 is 11.9 Å². The number of unbranched alkanes of at least 4 members (excludes halogenated alkanes) is 1. The van der Waals surface area contributed by atoms with Gasteiger partial charge in [-0.05, 0) is 32.7 Å². The molecule has 1 saturated heterocycles. The Morgan fingerprint density at radius 3 is 2.15 bits per heavy atom. The molecule has 27 heavy (non-hydrogen) atoms. The summed E-state index contributed by atoms with van der Waals surface area (Å²) in [6.45, 7) is 1.81. The number of carboxylic acid groups (broad SMARTS) is 2. The Balaban J connectivity index is 2.50. The molecule has 1 amide bonds. The highest BCUT2D eigenvalue weighted by Gasteiger charge is 2.46. The van der Waals surface area contributed by atoms with E-state index in [-0.39, 0.29) is 6.42 Å². The normalized spacial score (nSPS) is 30.3. The van der Waals surface area contributed by atoms with Crippen molar-refractivity contribution in [2.45, 2.75) is 69.0 Å². The van der Waals surface area contributed by atoms with Crippen molar-refractivity contribution in [3.8, 4) is 0 Å². The number of aliphatic hydroxyl groups is 4. The quantitative estimate of drug-likeness (QED) is 0.171. The lowest BCUT2D eigenvalue weighted by atomic mass is 9.98. The van der Waals surface area contributed by atoms with Gasteiger partial charge in [0.15, 0.2) is 12.4 Å². The third kappa shape index (κ3) is 6.68. The molecule has 12 nitrogen and oxygen atoms in total. The summed E-state index contributed by atoms with van der Waals surface area (Å²) in [5.41, 5.74) is 0. The number of amides is 1. The number of carbonyl (C=O) groups is 3. The number of carbonyl (C=O) groups excluding carboxylic acids is 1. The van der Waals surface area contributed by atoms with Crippen LogP contribution in [0.4, 0.5) is 0 Å². The zero-order chi connectivity index (χ0) is 20.7. The van der Waals surface area contributed by atoms with Crippen molar-refractivity contribution < 1.29 is 49.8 Å². The number of aliphatic hydroxyl groups excluding tert-OH is 4. The minimum absolute atomic E-state index is 0.0285. The van der Waals surface area contributed by atoms with Crippen molar-refractivity contribution in [3.05, 3.63) is 0 Å². The summed E-state index contributed by atoms with van der Waals surface area (Å²) in [6, 6.07) is -2.05. The molecule has 156 valence electrons. The predicted octanol–water partition coefficient (Wildman–Crippen LogP) is -3.41. The second-order valence-corrected chi connectivity index (χ2v) is 6.33. The van der Waals surface area contributed by atoms with Crippen molar-refractivity contribution in [3.63, 3.8) is 0 Å². The Labute approximate surface area is 154 Å². The topological polar surface area (TPSA) is 206 Å². The molecular formula is C15H26N2O10. The van der Waals surface area contributed by atoms with Gasteiger partial charge in [-0.2, -0.15) is 0 Å². The second-order valence-electron chi connectivity index (χ2n) is 6.33. The molecule has 0 bridgehead atoms. The van der Waals surface area contributed by atoms with Crippen LogP contribution in [0.25, 0.3) is 0 Å². The van der Waals surface area contributed by atoms with Gasteiger partial charge < -0.3 is 46.0 Å². The lowest BCUT2D eigenvalue weighted by Crippen LogP contribution is -2.62. The smallest absolute Gasteiger partial charge is 0.326 e. The van der Waals surface area contributed by atoms with Gasteiger partial charge in [-0.15, -0.1) is 0 Å². The molecule has 8 N–H and O–H groups in total. The van der Waals surface area contributed by atoms with Crippen LogP contribution in [0.5, 0.6) is 0 Å². The van der Waals surface area contributed by atoms with Crippen LogP contribution in [-0.4, -0.2) is 97.8 Å². The van der Waals surface area contributed by atoms with Crippen LogP contribution in [0.2, 0.25) is 0 Å². The first-order valence-electron chi connectivity index (χ1n) is 8.43. The van der Waals surface area contributed by atoms with Gasteiger partial charge in [-0.1, -0.05) is 0 Å². The number of hydrogen-bond donors (Lipinski definition) is 8. The molecule has 7 atom stereocenters. The van der Waals surface area contributed by atoms with Crippen LogP contribution in [0.15, 0.2) is 0 Å². The number of nitrogens with one attached hydrogen (secondary N) is 2. The summed E-state index contributed by atoms with van der Waals surface area (Å²) < 4.78 is 4.74. The molecule has 1 rings (SSSR count). The fraction of sp³-hybridized carbons (Fsp3) is 0.800. The fourth-order valence-electron chi connectivity index (χ4n) is 2.47. The highest BCUT2D eigenvalue weighted by molar-refractivity contribution is 5.86. The molecule has 0 aromatic carbocycles. The molecule has 1 aliphatic heterocycles. The van der Waals surface area contributed by atoms with Crippen LogP contribution in [-0.2, 0) is 19.1 Å². The van der Waals surface area contributed by atoms with Crippen LogP contribution in [0.3, 0.4) is 0 Å². The molecule has 0 aromatic rings. The SMILES string of the molecule is C[C@@H](NCCCC[C@H](NC(=O)[C@H]1OC(O)[C@H](O)[C@@H](O)[C@H]1O)C(=O)O)C(=O)O.